The smallest absolute Gasteiger partial charge is 0.0587 e. The number of halogens is 1. The van der Waals surface area contributed by atoms with Gasteiger partial charge in [0, 0.05) is 12.3 Å². The minimum atomic E-state index is -1.12. The van der Waals surface area contributed by atoms with Crippen LogP contribution in [0.5, 0.6) is 0 Å². The lowest BCUT2D eigenvalue weighted by atomic mass is 10.3. The maximum absolute atomic E-state index is 11.8. The summed E-state index contributed by atoms with van der Waals surface area (Å²) in [6.07, 6.45) is 0.968. The highest BCUT2D eigenvalue weighted by atomic mass is 35.5. The van der Waals surface area contributed by atoms with Gasteiger partial charge in [-0.1, -0.05) is 18.5 Å². The first kappa shape index (κ1) is 13.5. The van der Waals surface area contributed by atoms with E-state index in [1.54, 1.807) is 18.2 Å². The van der Waals surface area contributed by atoms with E-state index >= 15 is 0 Å². The maximum Gasteiger partial charge on any atom is 0.0587 e. The highest BCUT2D eigenvalue weighted by Crippen LogP contribution is 2.22. The molecule has 1 rings (SSSR count). The quantitative estimate of drug-likeness (QED) is 0.632. The Morgan fingerprint density at radius 2 is 2.19 bits per heavy atom. The fourth-order valence-electron chi connectivity index (χ4n) is 1.19. The molecule has 0 saturated heterocycles. The average Bonchev–Trinajstić information content (AvgIpc) is 2.24. The molecule has 1 aromatic rings. The Bertz CT molecular complexity index is 371. The monoisotopic (exact) mass is 261 g/mol. The van der Waals surface area contributed by atoms with Crippen molar-refractivity contribution in [3.63, 3.8) is 0 Å². The third-order valence-electron chi connectivity index (χ3n) is 1.96. The summed E-state index contributed by atoms with van der Waals surface area (Å²) in [6, 6.07) is 5.02. The summed E-state index contributed by atoms with van der Waals surface area (Å²) in [5, 5.41) is 0.453. The molecule has 1 atom stereocenters. The second-order valence-electron chi connectivity index (χ2n) is 3.35. The minimum Gasteiger partial charge on any atom is -0.399 e. The zero-order valence-electron chi connectivity index (χ0n) is 9.24. The second-order valence-corrected chi connectivity index (χ2v) is 5.30. The molecule has 0 heterocycles. The van der Waals surface area contributed by atoms with Crippen LogP contribution in [-0.4, -0.2) is 23.2 Å². The van der Waals surface area contributed by atoms with Gasteiger partial charge in [-0.2, -0.15) is 0 Å². The zero-order valence-corrected chi connectivity index (χ0v) is 10.8. The molecule has 3 nitrogen and oxygen atoms in total. The zero-order chi connectivity index (χ0) is 12.0. The normalized spacial score (nSPS) is 12.6. The van der Waals surface area contributed by atoms with Crippen LogP contribution in [0.2, 0.25) is 5.02 Å². The van der Waals surface area contributed by atoms with Gasteiger partial charge >= 0.3 is 0 Å². The molecule has 0 amide bonds. The van der Waals surface area contributed by atoms with Crippen molar-refractivity contribution in [1.82, 2.24) is 0 Å². The highest BCUT2D eigenvalue weighted by Gasteiger charge is 2.08. The molecule has 16 heavy (non-hydrogen) atoms. The van der Waals surface area contributed by atoms with E-state index in [1.165, 1.54) is 0 Å². The molecular weight excluding hydrogens is 246 g/mol. The van der Waals surface area contributed by atoms with Crippen LogP contribution in [0.15, 0.2) is 23.1 Å². The molecule has 1 unspecified atom stereocenters. The average molecular weight is 262 g/mol. The third-order valence-corrected chi connectivity index (χ3v) is 3.77. The molecule has 90 valence electrons. The standard InChI is InChI=1S/C11H16ClNO2S/c1-2-5-15-6-7-16(14)11-4-3-9(13)8-10(11)12/h3-4,8H,2,5-7,13H2,1H3. The van der Waals surface area contributed by atoms with Crippen LogP contribution >= 0.6 is 11.6 Å². The molecule has 0 fully saturated rings. The predicted octanol–water partition coefficient (Wildman–Crippen LogP) is 2.46. The lowest BCUT2D eigenvalue weighted by molar-refractivity contribution is 0.150. The number of nitrogens with two attached hydrogens (primary N) is 1. The molecule has 0 aliphatic rings. The molecule has 0 bridgehead atoms. The van der Waals surface area contributed by atoms with Crippen molar-refractivity contribution < 1.29 is 8.95 Å². The molecule has 1 aromatic carbocycles. The van der Waals surface area contributed by atoms with Gasteiger partial charge in [-0.25, -0.2) is 0 Å². The summed E-state index contributed by atoms with van der Waals surface area (Å²) in [5.74, 6) is 0.462. The van der Waals surface area contributed by atoms with E-state index in [-0.39, 0.29) is 0 Å². The minimum absolute atomic E-state index is 0.453. The predicted molar refractivity (Wildman–Crippen MR) is 68.2 cm³/mol. The van der Waals surface area contributed by atoms with Crippen LogP contribution in [0.25, 0.3) is 0 Å². The summed E-state index contributed by atoms with van der Waals surface area (Å²) >= 11 is 5.95. The summed E-state index contributed by atoms with van der Waals surface area (Å²) in [6.45, 7) is 3.22. The SMILES string of the molecule is CCCOCCS(=O)c1ccc(N)cc1Cl. The van der Waals surface area contributed by atoms with Gasteiger partial charge in [0.15, 0.2) is 0 Å². The van der Waals surface area contributed by atoms with Crippen molar-refractivity contribution in [2.24, 2.45) is 0 Å². The van der Waals surface area contributed by atoms with Crippen molar-refractivity contribution in [2.45, 2.75) is 18.2 Å². The Labute approximate surface area is 103 Å². The van der Waals surface area contributed by atoms with E-state index in [2.05, 4.69) is 0 Å². The number of anilines is 1. The highest BCUT2D eigenvalue weighted by molar-refractivity contribution is 7.85. The van der Waals surface area contributed by atoms with Crippen LogP contribution in [0.3, 0.4) is 0 Å². The molecular formula is C11H16ClNO2S. The molecule has 0 aliphatic carbocycles. The van der Waals surface area contributed by atoms with Crippen molar-refractivity contribution in [1.29, 1.82) is 0 Å². The molecule has 5 heteroatoms. The molecule has 0 aliphatic heterocycles. The topological polar surface area (TPSA) is 52.3 Å². The van der Waals surface area contributed by atoms with Gasteiger partial charge in [-0.15, -0.1) is 0 Å². The Morgan fingerprint density at radius 3 is 2.81 bits per heavy atom. The van der Waals surface area contributed by atoms with E-state index < -0.39 is 10.8 Å². The summed E-state index contributed by atoms with van der Waals surface area (Å²) < 4.78 is 17.1. The van der Waals surface area contributed by atoms with Crippen LogP contribution < -0.4 is 5.73 Å². The molecule has 2 N–H and O–H groups in total. The van der Waals surface area contributed by atoms with E-state index in [1.807, 2.05) is 6.92 Å². The van der Waals surface area contributed by atoms with Crippen LogP contribution in [0.4, 0.5) is 5.69 Å². The van der Waals surface area contributed by atoms with Crippen molar-refractivity contribution in [2.75, 3.05) is 24.7 Å². The van der Waals surface area contributed by atoms with Gasteiger partial charge in [-0.3, -0.25) is 4.21 Å². The van der Waals surface area contributed by atoms with E-state index in [4.69, 9.17) is 22.1 Å². The molecule has 0 radical (unpaired) electrons. The van der Waals surface area contributed by atoms with Crippen LogP contribution in [-0.2, 0) is 15.5 Å². The van der Waals surface area contributed by atoms with Gasteiger partial charge in [-0.05, 0) is 24.6 Å². The van der Waals surface area contributed by atoms with Gasteiger partial charge in [0.2, 0.25) is 0 Å². The van der Waals surface area contributed by atoms with Gasteiger partial charge in [0.05, 0.1) is 33.1 Å². The number of hydrogen-bond acceptors (Lipinski definition) is 3. The number of benzene rings is 1. The molecule has 0 saturated carbocycles. The lowest BCUT2D eigenvalue weighted by Crippen LogP contribution is -2.07. The molecule has 0 spiro atoms. The maximum atomic E-state index is 11.8. The second kappa shape index (κ2) is 6.89. The van der Waals surface area contributed by atoms with Gasteiger partial charge in [0.25, 0.3) is 0 Å². The Kier molecular flexibility index (Phi) is 5.80. The van der Waals surface area contributed by atoms with Gasteiger partial charge < -0.3 is 10.5 Å². The third kappa shape index (κ3) is 4.12. The summed E-state index contributed by atoms with van der Waals surface area (Å²) in [4.78, 5) is 0.621. The Morgan fingerprint density at radius 1 is 1.44 bits per heavy atom. The number of ether oxygens (including phenoxy) is 1. The fraction of sp³-hybridized carbons (Fsp3) is 0.455. The van der Waals surface area contributed by atoms with E-state index in [0.717, 1.165) is 6.42 Å². The van der Waals surface area contributed by atoms with E-state index in [0.29, 0.717) is 34.6 Å². The summed E-state index contributed by atoms with van der Waals surface area (Å²) in [7, 11) is -1.12. The fourth-order valence-corrected chi connectivity index (χ4v) is 2.63. The number of rotatable bonds is 6. The Hall–Kier alpha value is -0.580. The largest absolute Gasteiger partial charge is 0.399 e. The van der Waals surface area contributed by atoms with Crippen LogP contribution in [0, 0.1) is 0 Å². The Balaban J connectivity index is 2.53. The van der Waals surface area contributed by atoms with Crippen molar-refractivity contribution in [3.8, 4) is 0 Å². The lowest BCUT2D eigenvalue weighted by Gasteiger charge is -2.06. The van der Waals surface area contributed by atoms with Gasteiger partial charge in [0.1, 0.15) is 0 Å². The van der Waals surface area contributed by atoms with E-state index in [9.17, 15) is 4.21 Å². The number of hydrogen-bond donors (Lipinski definition) is 1. The van der Waals surface area contributed by atoms with Crippen molar-refractivity contribution in [3.05, 3.63) is 23.2 Å². The summed E-state index contributed by atoms with van der Waals surface area (Å²) in [5.41, 5.74) is 6.14. The number of nitrogen functional groups attached to an aromatic ring is 1. The van der Waals surface area contributed by atoms with Crippen molar-refractivity contribution >= 4 is 28.1 Å². The first-order valence-corrected chi connectivity index (χ1v) is 6.86. The first-order chi connectivity index (χ1) is 7.65. The first-order valence-electron chi connectivity index (χ1n) is 5.16. The van der Waals surface area contributed by atoms with Crippen LogP contribution in [0.1, 0.15) is 13.3 Å². The molecule has 0 aromatic heterocycles.